The van der Waals surface area contributed by atoms with Gasteiger partial charge in [-0.25, -0.2) is 0 Å². The Morgan fingerprint density at radius 2 is 2.28 bits per heavy atom. The van der Waals surface area contributed by atoms with Gasteiger partial charge in [0.05, 0.1) is 5.54 Å². The van der Waals surface area contributed by atoms with E-state index in [2.05, 4.69) is 17.9 Å². The Kier molecular flexibility index (Phi) is 2.30. The molecule has 18 heavy (non-hydrogen) atoms. The Labute approximate surface area is 109 Å². The van der Waals surface area contributed by atoms with Crippen LogP contribution in [0.1, 0.15) is 45.4 Å². The molecular weight excluding hydrogens is 222 g/mol. The third-order valence-corrected chi connectivity index (χ3v) is 5.95. The van der Waals surface area contributed by atoms with Gasteiger partial charge in [0.2, 0.25) is 0 Å². The van der Waals surface area contributed by atoms with Crippen LogP contribution in [-0.4, -0.2) is 29.3 Å². The van der Waals surface area contributed by atoms with Crippen LogP contribution in [0.3, 0.4) is 0 Å². The first-order valence-electron chi connectivity index (χ1n) is 7.70. The monoisotopic (exact) mass is 245 g/mol. The summed E-state index contributed by atoms with van der Waals surface area (Å²) in [5, 5.41) is 0. The lowest BCUT2D eigenvalue weighted by molar-refractivity contribution is -0.139. The first kappa shape index (κ1) is 11.2. The summed E-state index contributed by atoms with van der Waals surface area (Å²) in [6.45, 7) is 4.81. The molecule has 2 aliphatic carbocycles. The van der Waals surface area contributed by atoms with E-state index in [1.54, 1.807) is 5.57 Å². The molecule has 2 saturated carbocycles. The Hall–Kier alpha value is -0.630. The molecule has 0 N–H and O–H groups in total. The third-order valence-electron chi connectivity index (χ3n) is 5.95. The van der Waals surface area contributed by atoms with Crippen molar-refractivity contribution < 1.29 is 4.79 Å². The van der Waals surface area contributed by atoms with E-state index in [1.165, 1.54) is 38.8 Å². The smallest absolute Gasteiger partial charge is 0.138 e. The van der Waals surface area contributed by atoms with Crippen LogP contribution in [0.2, 0.25) is 0 Å². The van der Waals surface area contributed by atoms with Crippen LogP contribution >= 0.6 is 0 Å². The van der Waals surface area contributed by atoms with Crippen molar-refractivity contribution in [2.75, 3.05) is 13.1 Å². The molecule has 2 aliphatic heterocycles. The molecule has 1 saturated heterocycles. The van der Waals surface area contributed by atoms with Gasteiger partial charge in [-0.1, -0.05) is 13.0 Å². The lowest BCUT2D eigenvalue weighted by atomic mass is 9.52. The van der Waals surface area contributed by atoms with Gasteiger partial charge in [0.15, 0.2) is 0 Å². The van der Waals surface area contributed by atoms with Crippen molar-refractivity contribution in [3.63, 3.8) is 0 Å². The predicted octanol–water partition coefficient (Wildman–Crippen LogP) is 2.79. The topological polar surface area (TPSA) is 20.3 Å². The zero-order valence-electron chi connectivity index (χ0n) is 11.3. The van der Waals surface area contributed by atoms with E-state index >= 15 is 0 Å². The van der Waals surface area contributed by atoms with E-state index in [1.807, 2.05) is 0 Å². The maximum atomic E-state index is 12.5. The molecule has 2 nitrogen and oxygen atoms in total. The molecular formula is C16H23NO. The molecule has 4 aliphatic rings. The van der Waals surface area contributed by atoms with Gasteiger partial charge >= 0.3 is 0 Å². The molecule has 0 radical (unpaired) electrons. The quantitative estimate of drug-likeness (QED) is 0.612. The second-order valence-electron chi connectivity index (χ2n) is 6.97. The minimum absolute atomic E-state index is 0.175. The predicted molar refractivity (Wildman–Crippen MR) is 71.2 cm³/mol. The number of rotatable bonds is 0. The normalized spacial score (nSPS) is 47.5. The lowest BCUT2D eigenvalue weighted by Gasteiger charge is -2.62. The summed E-state index contributed by atoms with van der Waals surface area (Å²) in [7, 11) is 0. The van der Waals surface area contributed by atoms with Crippen LogP contribution in [0.5, 0.6) is 0 Å². The molecule has 0 aromatic carbocycles. The summed E-state index contributed by atoms with van der Waals surface area (Å²) in [5.41, 5.74) is 1.85. The van der Waals surface area contributed by atoms with Gasteiger partial charge in [-0.3, -0.25) is 9.69 Å². The van der Waals surface area contributed by atoms with Crippen molar-refractivity contribution in [2.45, 2.75) is 51.0 Å². The number of piperidine rings is 1. The van der Waals surface area contributed by atoms with Crippen LogP contribution < -0.4 is 0 Å². The molecule has 2 heterocycles. The van der Waals surface area contributed by atoms with Gasteiger partial charge in [0.1, 0.15) is 5.78 Å². The second-order valence-corrected chi connectivity index (χ2v) is 6.97. The van der Waals surface area contributed by atoms with E-state index in [0.29, 0.717) is 17.6 Å². The summed E-state index contributed by atoms with van der Waals surface area (Å²) in [6, 6.07) is 0. The fraction of sp³-hybridized carbons (Fsp3) is 0.812. The zero-order valence-corrected chi connectivity index (χ0v) is 11.3. The summed E-state index contributed by atoms with van der Waals surface area (Å²) < 4.78 is 0. The molecule has 0 aromatic heterocycles. The number of Topliss-reactive ketones (excluding diaryl/α,β-unsaturated/α-hetero) is 1. The van der Waals surface area contributed by atoms with Crippen molar-refractivity contribution >= 4 is 5.78 Å². The second kappa shape index (κ2) is 3.69. The Morgan fingerprint density at radius 1 is 1.39 bits per heavy atom. The third kappa shape index (κ3) is 1.25. The highest BCUT2D eigenvalue weighted by molar-refractivity contribution is 5.86. The minimum Gasteiger partial charge on any atom is -0.299 e. The average Bonchev–Trinajstić information content (AvgIpc) is 2.33. The highest BCUT2D eigenvalue weighted by Gasteiger charge is 2.59. The summed E-state index contributed by atoms with van der Waals surface area (Å²) in [5.74, 6) is 2.28. The van der Waals surface area contributed by atoms with Crippen molar-refractivity contribution in [1.82, 2.24) is 4.90 Å². The first-order chi connectivity index (χ1) is 8.72. The van der Waals surface area contributed by atoms with E-state index < -0.39 is 0 Å². The van der Waals surface area contributed by atoms with Crippen molar-refractivity contribution in [3.05, 3.63) is 11.6 Å². The van der Waals surface area contributed by atoms with Gasteiger partial charge in [-0.05, 0) is 56.1 Å². The maximum Gasteiger partial charge on any atom is 0.138 e. The molecule has 1 spiro atoms. The molecule has 4 atom stereocenters. The first-order valence-corrected chi connectivity index (χ1v) is 7.70. The van der Waals surface area contributed by atoms with Crippen molar-refractivity contribution in [1.29, 1.82) is 0 Å². The molecule has 3 fully saturated rings. The number of carbonyl (C=O) groups excluding carboxylic acids is 1. The standard InChI is InChI=1S/C16H23NO/c1-11-8-12-9-15(18)14-5-3-7-17-6-2-4-13(12)16(14,17)10-11/h4,11-12,14H,2-3,5-10H2,1H3/t11-,12+,14-,16-/m1/s1. The van der Waals surface area contributed by atoms with E-state index in [0.717, 1.165) is 18.8 Å². The van der Waals surface area contributed by atoms with E-state index in [9.17, 15) is 4.79 Å². The minimum atomic E-state index is 0.175. The van der Waals surface area contributed by atoms with Crippen LogP contribution in [0, 0.1) is 17.8 Å². The van der Waals surface area contributed by atoms with E-state index in [-0.39, 0.29) is 5.54 Å². The lowest BCUT2D eigenvalue weighted by Crippen LogP contribution is -2.67. The zero-order chi connectivity index (χ0) is 12.3. The van der Waals surface area contributed by atoms with Crippen LogP contribution in [0.25, 0.3) is 0 Å². The molecule has 0 unspecified atom stereocenters. The molecule has 2 bridgehead atoms. The molecule has 98 valence electrons. The number of ketones is 1. The number of carbonyl (C=O) groups is 1. The highest BCUT2D eigenvalue weighted by Crippen LogP contribution is 2.57. The summed E-state index contributed by atoms with van der Waals surface area (Å²) >= 11 is 0. The van der Waals surface area contributed by atoms with Crippen LogP contribution in [0.15, 0.2) is 11.6 Å². The average molecular weight is 245 g/mol. The van der Waals surface area contributed by atoms with Gasteiger partial charge in [-0.2, -0.15) is 0 Å². The van der Waals surface area contributed by atoms with Gasteiger partial charge < -0.3 is 0 Å². The number of hydrogen-bond donors (Lipinski definition) is 0. The molecule has 2 heteroatoms. The van der Waals surface area contributed by atoms with E-state index in [4.69, 9.17) is 0 Å². The number of hydrogen-bond acceptors (Lipinski definition) is 2. The molecule has 0 aromatic rings. The summed E-state index contributed by atoms with van der Waals surface area (Å²) in [4.78, 5) is 15.2. The number of nitrogens with zero attached hydrogens (tertiary/aromatic N) is 1. The van der Waals surface area contributed by atoms with Crippen molar-refractivity contribution in [2.24, 2.45) is 17.8 Å². The summed E-state index contributed by atoms with van der Waals surface area (Å²) in [6.07, 6.45) is 9.43. The van der Waals surface area contributed by atoms with Gasteiger partial charge in [0.25, 0.3) is 0 Å². The maximum absolute atomic E-state index is 12.5. The Bertz CT molecular complexity index is 427. The Balaban J connectivity index is 1.88. The largest absolute Gasteiger partial charge is 0.299 e. The highest BCUT2D eigenvalue weighted by atomic mass is 16.1. The Morgan fingerprint density at radius 3 is 3.17 bits per heavy atom. The van der Waals surface area contributed by atoms with Crippen LogP contribution in [-0.2, 0) is 4.79 Å². The molecule has 0 amide bonds. The molecule has 4 rings (SSSR count). The van der Waals surface area contributed by atoms with Gasteiger partial charge in [-0.15, -0.1) is 0 Å². The fourth-order valence-corrected chi connectivity index (χ4v) is 5.53. The fourth-order valence-electron chi connectivity index (χ4n) is 5.53. The van der Waals surface area contributed by atoms with Crippen LogP contribution in [0.4, 0.5) is 0 Å². The van der Waals surface area contributed by atoms with Gasteiger partial charge in [0, 0.05) is 18.9 Å². The SMILES string of the molecule is C[C@@H]1C[C@H]2CC(=O)[C@H]3CCCN4CCC=C2[C@]34C1. The van der Waals surface area contributed by atoms with Crippen molar-refractivity contribution in [3.8, 4) is 0 Å².